The third-order valence-corrected chi connectivity index (χ3v) is 5.03. The van der Waals surface area contributed by atoms with Crippen LogP contribution in [0, 0.1) is 0 Å². The molecule has 0 aliphatic rings. The van der Waals surface area contributed by atoms with Gasteiger partial charge in [0.2, 0.25) is 5.91 Å². The highest BCUT2D eigenvalue weighted by atomic mass is 32.1. The van der Waals surface area contributed by atoms with E-state index in [0.29, 0.717) is 11.3 Å². The lowest BCUT2D eigenvalue weighted by molar-refractivity contribution is -0.127. The van der Waals surface area contributed by atoms with E-state index < -0.39 is 11.6 Å². The number of ether oxygens (including phenoxy) is 1. The van der Waals surface area contributed by atoms with Crippen molar-refractivity contribution in [2.24, 2.45) is 0 Å². The molecule has 1 aromatic heterocycles. The molecule has 3 rings (SSSR count). The molecule has 0 spiro atoms. The summed E-state index contributed by atoms with van der Waals surface area (Å²) >= 11 is 1.10. The van der Waals surface area contributed by atoms with Crippen molar-refractivity contribution in [3.05, 3.63) is 76.8 Å². The minimum absolute atomic E-state index is 0.211. The van der Waals surface area contributed by atoms with Crippen molar-refractivity contribution in [1.29, 1.82) is 0 Å². The van der Waals surface area contributed by atoms with Gasteiger partial charge < -0.3 is 15.0 Å². The van der Waals surface area contributed by atoms with Gasteiger partial charge in [0.1, 0.15) is 11.8 Å². The number of carbonyl (C=O) groups excluding carboxylic acids is 2. The highest BCUT2D eigenvalue weighted by Gasteiger charge is 2.34. The number of hydrogen-bond donors (Lipinski definition) is 1. The second-order valence-electron chi connectivity index (χ2n) is 8.12. The quantitative estimate of drug-likeness (QED) is 0.606. The molecule has 2 aromatic carbocycles. The number of aromatic nitrogens is 2. The summed E-state index contributed by atoms with van der Waals surface area (Å²) in [5.41, 5.74) is 1.32. The second kappa shape index (κ2) is 9.70. The predicted molar refractivity (Wildman–Crippen MR) is 120 cm³/mol. The third kappa shape index (κ3) is 5.88. The van der Waals surface area contributed by atoms with Gasteiger partial charge in [0.25, 0.3) is 5.91 Å². The first-order chi connectivity index (χ1) is 14.8. The summed E-state index contributed by atoms with van der Waals surface area (Å²) < 4.78 is 9.07. The Bertz CT molecular complexity index is 1000. The van der Waals surface area contributed by atoms with Crippen LogP contribution in [0.1, 0.15) is 48.4 Å². The molecule has 0 aliphatic carbocycles. The Labute approximate surface area is 186 Å². The van der Waals surface area contributed by atoms with E-state index in [1.807, 2.05) is 51.1 Å². The van der Waals surface area contributed by atoms with E-state index in [9.17, 15) is 9.59 Å². The molecule has 3 aromatic rings. The summed E-state index contributed by atoms with van der Waals surface area (Å²) in [6, 6.07) is 15.9. The molecule has 162 valence electrons. The number of carbonyl (C=O) groups is 2. The Morgan fingerprint density at radius 2 is 1.77 bits per heavy atom. The summed E-state index contributed by atoms with van der Waals surface area (Å²) in [5.74, 6) is 0.0379. The van der Waals surface area contributed by atoms with Gasteiger partial charge in [-0.1, -0.05) is 47.0 Å². The molecule has 0 radical (unpaired) electrons. The highest BCUT2D eigenvalue weighted by molar-refractivity contribution is 7.03. The van der Waals surface area contributed by atoms with Gasteiger partial charge in [-0.2, -0.15) is 0 Å². The lowest BCUT2D eigenvalue weighted by atomic mass is 10.0. The molecule has 1 N–H and O–H groups in total. The Balaban J connectivity index is 2.07. The SMILES string of the molecule is COc1ccc([C@H](C(=O)NC(C)(C)C)N(Cc2ccccc2)C(=O)c2csnn2)cc1. The molecule has 0 saturated heterocycles. The van der Waals surface area contributed by atoms with Gasteiger partial charge in [-0.25, -0.2) is 0 Å². The minimum Gasteiger partial charge on any atom is -0.497 e. The second-order valence-corrected chi connectivity index (χ2v) is 8.73. The zero-order valence-corrected chi connectivity index (χ0v) is 18.8. The lowest BCUT2D eigenvalue weighted by Gasteiger charge is -2.33. The largest absolute Gasteiger partial charge is 0.497 e. The zero-order valence-electron chi connectivity index (χ0n) is 18.0. The van der Waals surface area contributed by atoms with Crippen LogP contribution in [0.5, 0.6) is 5.75 Å². The highest BCUT2D eigenvalue weighted by Crippen LogP contribution is 2.28. The fourth-order valence-electron chi connectivity index (χ4n) is 3.16. The van der Waals surface area contributed by atoms with Crippen LogP contribution in [0.3, 0.4) is 0 Å². The Morgan fingerprint density at radius 1 is 1.10 bits per heavy atom. The molecule has 8 heteroatoms. The van der Waals surface area contributed by atoms with E-state index in [1.165, 1.54) is 4.90 Å². The van der Waals surface area contributed by atoms with Crippen LogP contribution in [0.2, 0.25) is 0 Å². The maximum absolute atomic E-state index is 13.4. The smallest absolute Gasteiger partial charge is 0.276 e. The van der Waals surface area contributed by atoms with E-state index in [1.54, 1.807) is 36.8 Å². The average Bonchev–Trinajstić information content (AvgIpc) is 3.27. The van der Waals surface area contributed by atoms with E-state index in [2.05, 4.69) is 14.9 Å². The molecule has 1 atom stereocenters. The first-order valence-electron chi connectivity index (χ1n) is 9.86. The number of methoxy groups -OCH3 is 1. The average molecular weight is 439 g/mol. The van der Waals surface area contributed by atoms with E-state index in [0.717, 1.165) is 17.1 Å². The van der Waals surface area contributed by atoms with Crippen molar-refractivity contribution in [1.82, 2.24) is 19.8 Å². The van der Waals surface area contributed by atoms with Crippen LogP contribution in [-0.4, -0.2) is 38.9 Å². The van der Waals surface area contributed by atoms with Crippen molar-refractivity contribution in [3.8, 4) is 5.75 Å². The Morgan fingerprint density at radius 3 is 2.32 bits per heavy atom. The first kappa shape index (κ1) is 22.4. The van der Waals surface area contributed by atoms with Crippen LogP contribution in [0.4, 0.5) is 0 Å². The van der Waals surface area contributed by atoms with Crippen molar-refractivity contribution in [3.63, 3.8) is 0 Å². The molecule has 1 heterocycles. The topological polar surface area (TPSA) is 84.4 Å². The lowest BCUT2D eigenvalue weighted by Crippen LogP contribution is -2.49. The number of rotatable bonds is 7. The van der Waals surface area contributed by atoms with Crippen molar-refractivity contribution in [2.75, 3.05) is 7.11 Å². The van der Waals surface area contributed by atoms with Gasteiger partial charge in [0.15, 0.2) is 5.69 Å². The summed E-state index contributed by atoms with van der Waals surface area (Å²) in [6.07, 6.45) is 0. The predicted octanol–water partition coefficient (Wildman–Crippen LogP) is 3.85. The fourth-order valence-corrected chi connectivity index (χ4v) is 3.59. The van der Waals surface area contributed by atoms with Crippen LogP contribution < -0.4 is 10.1 Å². The van der Waals surface area contributed by atoms with Crippen LogP contribution in [-0.2, 0) is 11.3 Å². The molecule has 0 unspecified atom stereocenters. The minimum atomic E-state index is -0.862. The first-order valence-corrected chi connectivity index (χ1v) is 10.7. The molecule has 0 saturated carbocycles. The molecule has 0 aliphatic heterocycles. The van der Waals surface area contributed by atoms with E-state index in [-0.39, 0.29) is 24.1 Å². The molecular formula is C23H26N4O3S. The van der Waals surface area contributed by atoms with E-state index in [4.69, 9.17) is 4.74 Å². The molecule has 0 bridgehead atoms. The standard InChI is InChI=1S/C23H26N4O3S/c1-23(2,3)24-21(28)20(17-10-12-18(30-4)13-11-17)27(14-16-8-6-5-7-9-16)22(29)19-15-31-26-25-19/h5-13,15,20H,14H2,1-4H3,(H,24,28)/t20-/m1/s1. The number of nitrogens with zero attached hydrogens (tertiary/aromatic N) is 3. The summed E-state index contributed by atoms with van der Waals surface area (Å²) in [5, 5.41) is 8.55. The number of nitrogens with one attached hydrogen (secondary N) is 1. The van der Waals surface area contributed by atoms with E-state index >= 15 is 0 Å². The Hall–Kier alpha value is -3.26. The van der Waals surface area contributed by atoms with Crippen LogP contribution in [0.15, 0.2) is 60.0 Å². The number of amides is 2. The van der Waals surface area contributed by atoms with Gasteiger partial charge in [0, 0.05) is 17.5 Å². The fraction of sp³-hybridized carbons (Fsp3) is 0.304. The molecule has 7 nitrogen and oxygen atoms in total. The van der Waals surface area contributed by atoms with Gasteiger partial charge in [-0.05, 0) is 55.6 Å². The van der Waals surface area contributed by atoms with Gasteiger partial charge in [-0.3, -0.25) is 9.59 Å². The number of hydrogen-bond acceptors (Lipinski definition) is 6. The van der Waals surface area contributed by atoms with Crippen molar-refractivity contribution < 1.29 is 14.3 Å². The summed E-state index contributed by atoms with van der Waals surface area (Å²) in [6.45, 7) is 5.96. The van der Waals surface area contributed by atoms with Crippen molar-refractivity contribution in [2.45, 2.75) is 38.9 Å². The monoisotopic (exact) mass is 438 g/mol. The van der Waals surface area contributed by atoms with Crippen LogP contribution >= 0.6 is 11.5 Å². The summed E-state index contributed by atoms with van der Waals surface area (Å²) in [7, 11) is 1.58. The third-order valence-electron chi connectivity index (χ3n) is 4.53. The molecule has 0 fully saturated rings. The van der Waals surface area contributed by atoms with Crippen LogP contribution in [0.25, 0.3) is 0 Å². The van der Waals surface area contributed by atoms with Gasteiger partial charge in [0.05, 0.1) is 7.11 Å². The maximum atomic E-state index is 13.4. The van der Waals surface area contributed by atoms with Gasteiger partial charge >= 0.3 is 0 Å². The molecule has 31 heavy (non-hydrogen) atoms. The van der Waals surface area contributed by atoms with Crippen molar-refractivity contribution >= 4 is 23.3 Å². The Kier molecular flexibility index (Phi) is 7.02. The van der Waals surface area contributed by atoms with Gasteiger partial charge in [-0.15, -0.1) is 5.10 Å². The molecule has 2 amide bonds. The maximum Gasteiger partial charge on any atom is 0.276 e. The normalized spacial score (nSPS) is 12.1. The number of benzene rings is 2. The molecular weight excluding hydrogens is 412 g/mol. The summed E-state index contributed by atoms with van der Waals surface area (Å²) in [4.78, 5) is 28.4. The zero-order chi connectivity index (χ0) is 22.4.